The second kappa shape index (κ2) is 5.77. The summed E-state index contributed by atoms with van der Waals surface area (Å²) < 4.78 is 27.7. The van der Waals surface area contributed by atoms with Gasteiger partial charge in [-0.15, -0.1) is 0 Å². The van der Waals surface area contributed by atoms with E-state index in [4.69, 9.17) is 4.74 Å². The fraction of sp³-hybridized carbons (Fsp3) is 0.118. The van der Waals surface area contributed by atoms with Crippen LogP contribution in [0.3, 0.4) is 0 Å². The predicted molar refractivity (Wildman–Crippen MR) is 84.0 cm³/mol. The third-order valence-corrected chi connectivity index (χ3v) is 4.75. The Morgan fingerprint density at radius 3 is 2.18 bits per heavy atom. The standard InChI is InChI=1S/C17H14O4S/c18-17(21-16-10-11-22(19,20)12-16)15-8-6-14(7-9-15)13-4-2-1-3-5-13/h1-11,16H,12H2. The third-order valence-electron chi connectivity index (χ3n) is 3.38. The van der Waals surface area contributed by atoms with Gasteiger partial charge in [0.1, 0.15) is 6.10 Å². The molecule has 0 aromatic heterocycles. The van der Waals surface area contributed by atoms with E-state index in [2.05, 4.69) is 0 Å². The Morgan fingerprint density at radius 2 is 1.59 bits per heavy atom. The quantitative estimate of drug-likeness (QED) is 0.817. The van der Waals surface area contributed by atoms with Gasteiger partial charge in [-0.25, -0.2) is 13.2 Å². The Labute approximate surface area is 129 Å². The van der Waals surface area contributed by atoms with Gasteiger partial charge in [0.05, 0.1) is 11.3 Å². The zero-order chi connectivity index (χ0) is 15.6. The first-order valence-corrected chi connectivity index (χ1v) is 8.52. The molecule has 0 saturated carbocycles. The summed E-state index contributed by atoms with van der Waals surface area (Å²) in [7, 11) is -3.22. The van der Waals surface area contributed by atoms with Crippen molar-refractivity contribution in [3.8, 4) is 11.1 Å². The molecule has 0 saturated heterocycles. The lowest BCUT2D eigenvalue weighted by Gasteiger charge is -2.10. The minimum absolute atomic E-state index is 0.180. The largest absolute Gasteiger partial charge is 0.453 e. The van der Waals surface area contributed by atoms with Crippen molar-refractivity contribution < 1.29 is 17.9 Å². The van der Waals surface area contributed by atoms with Crippen LogP contribution in [-0.2, 0) is 14.6 Å². The van der Waals surface area contributed by atoms with Gasteiger partial charge in [0.2, 0.25) is 0 Å². The van der Waals surface area contributed by atoms with Gasteiger partial charge in [-0.1, -0.05) is 42.5 Å². The van der Waals surface area contributed by atoms with Crippen molar-refractivity contribution in [1.82, 2.24) is 0 Å². The van der Waals surface area contributed by atoms with Crippen molar-refractivity contribution in [3.63, 3.8) is 0 Å². The average Bonchev–Trinajstić information content (AvgIpc) is 2.87. The predicted octanol–water partition coefficient (Wildman–Crippen LogP) is 2.82. The van der Waals surface area contributed by atoms with Gasteiger partial charge in [0.25, 0.3) is 0 Å². The van der Waals surface area contributed by atoms with Crippen molar-refractivity contribution in [3.05, 3.63) is 71.6 Å². The van der Waals surface area contributed by atoms with E-state index in [0.717, 1.165) is 16.5 Å². The van der Waals surface area contributed by atoms with Crippen LogP contribution < -0.4 is 0 Å². The number of carbonyl (C=O) groups is 1. The molecule has 3 rings (SSSR count). The van der Waals surface area contributed by atoms with Crippen molar-refractivity contribution in [2.45, 2.75) is 6.10 Å². The molecule has 112 valence electrons. The Kier molecular flexibility index (Phi) is 3.81. The van der Waals surface area contributed by atoms with E-state index in [1.807, 2.05) is 42.5 Å². The molecule has 22 heavy (non-hydrogen) atoms. The van der Waals surface area contributed by atoms with Gasteiger partial charge in [-0.3, -0.25) is 0 Å². The number of hydrogen-bond donors (Lipinski definition) is 0. The third kappa shape index (κ3) is 3.26. The average molecular weight is 314 g/mol. The molecule has 2 aromatic carbocycles. The van der Waals surface area contributed by atoms with Crippen LogP contribution >= 0.6 is 0 Å². The highest BCUT2D eigenvalue weighted by Gasteiger charge is 2.25. The van der Waals surface area contributed by atoms with Crippen LogP contribution in [0, 0.1) is 0 Å². The van der Waals surface area contributed by atoms with Crippen LogP contribution in [-0.4, -0.2) is 26.2 Å². The molecule has 0 amide bonds. The number of benzene rings is 2. The molecular weight excluding hydrogens is 300 g/mol. The molecule has 1 aliphatic heterocycles. The van der Waals surface area contributed by atoms with E-state index in [-0.39, 0.29) is 5.75 Å². The first-order chi connectivity index (χ1) is 10.5. The topological polar surface area (TPSA) is 60.4 Å². The first-order valence-electron chi connectivity index (χ1n) is 6.81. The highest BCUT2D eigenvalue weighted by Crippen LogP contribution is 2.20. The summed E-state index contributed by atoms with van der Waals surface area (Å²) >= 11 is 0. The molecule has 2 aromatic rings. The van der Waals surface area contributed by atoms with E-state index in [1.165, 1.54) is 6.08 Å². The molecule has 0 aliphatic carbocycles. The Balaban J connectivity index is 1.71. The molecule has 0 N–H and O–H groups in total. The van der Waals surface area contributed by atoms with Crippen molar-refractivity contribution in [2.75, 3.05) is 5.75 Å². The Hall–Kier alpha value is -2.40. The van der Waals surface area contributed by atoms with Crippen molar-refractivity contribution >= 4 is 15.8 Å². The summed E-state index contributed by atoms with van der Waals surface area (Å²) in [6.07, 6.45) is 0.692. The van der Waals surface area contributed by atoms with Crippen LogP contribution in [0.25, 0.3) is 11.1 Å². The SMILES string of the molecule is O=C(OC1C=CS(=O)(=O)C1)c1ccc(-c2ccccc2)cc1. The number of hydrogen-bond acceptors (Lipinski definition) is 4. The maximum absolute atomic E-state index is 12.0. The lowest BCUT2D eigenvalue weighted by Crippen LogP contribution is -2.19. The fourth-order valence-corrected chi connectivity index (χ4v) is 3.42. The van der Waals surface area contributed by atoms with Crippen molar-refractivity contribution in [1.29, 1.82) is 0 Å². The first kappa shape index (κ1) is 14.5. The van der Waals surface area contributed by atoms with E-state index in [0.29, 0.717) is 5.56 Å². The highest BCUT2D eigenvalue weighted by molar-refractivity contribution is 7.94. The molecule has 1 aliphatic rings. The molecule has 0 spiro atoms. The van der Waals surface area contributed by atoms with Crippen LogP contribution in [0.4, 0.5) is 0 Å². The summed E-state index contributed by atoms with van der Waals surface area (Å²) in [6.45, 7) is 0. The molecule has 1 atom stereocenters. The molecule has 5 heteroatoms. The Bertz CT molecular complexity index is 805. The van der Waals surface area contributed by atoms with Gasteiger partial charge in [0.15, 0.2) is 9.84 Å². The molecular formula is C17H14O4S. The smallest absolute Gasteiger partial charge is 0.338 e. The molecule has 0 fully saturated rings. The fourth-order valence-electron chi connectivity index (χ4n) is 2.26. The Morgan fingerprint density at radius 1 is 0.955 bits per heavy atom. The maximum atomic E-state index is 12.0. The zero-order valence-corrected chi connectivity index (χ0v) is 12.5. The number of sulfone groups is 1. The normalized spacial score (nSPS) is 19.0. The maximum Gasteiger partial charge on any atom is 0.338 e. The summed E-state index contributed by atoms with van der Waals surface area (Å²) in [5, 5.41) is 1.09. The van der Waals surface area contributed by atoms with Crippen LogP contribution in [0.2, 0.25) is 0 Å². The minimum atomic E-state index is -3.22. The monoisotopic (exact) mass is 314 g/mol. The van der Waals surface area contributed by atoms with E-state index in [1.54, 1.807) is 12.1 Å². The zero-order valence-electron chi connectivity index (χ0n) is 11.7. The van der Waals surface area contributed by atoms with Gasteiger partial charge < -0.3 is 4.74 Å². The molecule has 0 bridgehead atoms. The van der Waals surface area contributed by atoms with Crippen molar-refractivity contribution in [2.24, 2.45) is 0 Å². The van der Waals surface area contributed by atoms with E-state index < -0.39 is 21.9 Å². The second-order valence-electron chi connectivity index (χ2n) is 5.05. The van der Waals surface area contributed by atoms with E-state index >= 15 is 0 Å². The van der Waals surface area contributed by atoms with Crippen LogP contribution in [0.15, 0.2) is 66.1 Å². The van der Waals surface area contributed by atoms with Gasteiger partial charge >= 0.3 is 5.97 Å². The number of ether oxygens (including phenoxy) is 1. The summed E-state index contributed by atoms with van der Waals surface area (Å²) in [6, 6.07) is 16.9. The minimum Gasteiger partial charge on any atom is -0.453 e. The summed E-state index contributed by atoms with van der Waals surface area (Å²) in [5.41, 5.74) is 2.46. The van der Waals surface area contributed by atoms with Gasteiger partial charge in [0, 0.05) is 5.41 Å². The molecule has 4 nitrogen and oxygen atoms in total. The van der Waals surface area contributed by atoms with Crippen LogP contribution in [0.1, 0.15) is 10.4 Å². The lowest BCUT2D eigenvalue weighted by atomic mass is 10.0. The summed E-state index contributed by atoms with van der Waals surface area (Å²) in [5.74, 6) is -0.702. The molecule has 0 radical (unpaired) electrons. The second-order valence-corrected chi connectivity index (χ2v) is 6.98. The number of esters is 1. The summed E-state index contributed by atoms with van der Waals surface area (Å²) in [4.78, 5) is 12.0. The van der Waals surface area contributed by atoms with Gasteiger partial charge in [-0.2, -0.15) is 0 Å². The highest BCUT2D eigenvalue weighted by atomic mass is 32.2. The van der Waals surface area contributed by atoms with Crippen LogP contribution in [0.5, 0.6) is 0 Å². The number of rotatable bonds is 3. The van der Waals surface area contributed by atoms with Gasteiger partial charge in [-0.05, 0) is 29.3 Å². The molecule has 1 unspecified atom stereocenters. The lowest BCUT2D eigenvalue weighted by molar-refractivity contribution is 0.0433. The molecule has 1 heterocycles. The number of carbonyl (C=O) groups excluding carboxylic acids is 1. The van der Waals surface area contributed by atoms with E-state index in [9.17, 15) is 13.2 Å².